The van der Waals surface area contributed by atoms with Gasteiger partial charge in [0.25, 0.3) is 17.5 Å². The van der Waals surface area contributed by atoms with Crippen molar-refractivity contribution in [3.8, 4) is 5.75 Å². The van der Waals surface area contributed by atoms with E-state index in [1.165, 1.54) is 12.1 Å². The van der Waals surface area contributed by atoms with Crippen molar-refractivity contribution in [3.63, 3.8) is 0 Å². The number of carbonyl (C=O) groups is 3. The van der Waals surface area contributed by atoms with Crippen LogP contribution in [0.2, 0.25) is 0 Å². The van der Waals surface area contributed by atoms with Crippen LogP contribution in [0.25, 0.3) is 0 Å². The molecule has 3 rings (SSSR count). The van der Waals surface area contributed by atoms with E-state index in [1.807, 2.05) is 13.8 Å². The van der Waals surface area contributed by atoms with Crippen molar-refractivity contribution in [3.05, 3.63) is 68.8 Å². The Balaban J connectivity index is 1.80. The molecule has 8 heteroatoms. The largest absolute Gasteiger partial charge is 0.425 e. The van der Waals surface area contributed by atoms with Gasteiger partial charge in [-0.1, -0.05) is 12.1 Å². The summed E-state index contributed by atoms with van der Waals surface area (Å²) >= 11 is 0. The average Bonchev–Trinajstić information content (AvgIpc) is 2.83. The molecule has 132 valence electrons. The third kappa shape index (κ3) is 2.92. The van der Waals surface area contributed by atoms with Crippen LogP contribution in [0.1, 0.15) is 31.8 Å². The van der Waals surface area contributed by atoms with Gasteiger partial charge in [-0.3, -0.25) is 24.6 Å². The first-order chi connectivity index (χ1) is 12.3. The van der Waals surface area contributed by atoms with Gasteiger partial charge in [0, 0.05) is 6.07 Å². The van der Waals surface area contributed by atoms with Gasteiger partial charge in [-0.15, -0.1) is 0 Å². The van der Waals surface area contributed by atoms with E-state index in [0.717, 1.165) is 17.2 Å². The van der Waals surface area contributed by atoms with Gasteiger partial charge in [-0.05, 0) is 43.2 Å². The van der Waals surface area contributed by atoms with Gasteiger partial charge < -0.3 is 4.74 Å². The SMILES string of the molecule is Cc1ccc(OC(=O)CN2C(=O)c3cccc([N+](=O)[O-])c3C2=O)cc1C. The van der Waals surface area contributed by atoms with Crippen LogP contribution >= 0.6 is 0 Å². The minimum atomic E-state index is -0.880. The van der Waals surface area contributed by atoms with E-state index >= 15 is 0 Å². The molecule has 2 aromatic carbocycles. The van der Waals surface area contributed by atoms with Crippen molar-refractivity contribution >= 4 is 23.5 Å². The molecular formula is C18H14N2O6. The lowest BCUT2D eigenvalue weighted by Gasteiger charge is -2.13. The Kier molecular flexibility index (Phi) is 4.25. The normalized spacial score (nSPS) is 12.9. The number of nitro groups is 1. The summed E-state index contributed by atoms with van der Waals surface area (Å²) in [4.78, 5) is 47.9. The van der Waals surface area contributed by atoms with E-state index in [4.69, 9.17) is 4.74 Å². The summed E-state index contributed by atoms with van der Waals surface area (Å²) in [5.41, 5.74) is 1.08. The van der Waals surface area contributed by atoms with Crippen molar-refractivity contribution in [1.82, 2.24) is 4.90 Å². The quantitative estimate of drug-likeness (QED) is 0.274. The second-order valence-electron chi connectivity index (χ2n) is 5.87. The molecule has 0 atom stereocenters. The van der Waals surface area contributed by atoms with E-state index in [-0.39, 0.29) is 11.1 Å². The first-order valence-electron chi connectivity index (χ1n) is 7.71. The fraction of sp³-hybridized carbons (Fsp3) is 0.167. The van der Waals surface area contributed by atoms with Crippen LogP contribution in [-0.2, 0) is 4.79 Å². The van der Waals surface area contributed by atoms with Gasteiger partial charge >= 0.3 is 5.97 Å². The van der Waals surface area contributed by atoms with E-state index in [0.29, 0.717) is 10.6 Å². The monoisotopic (exact) mass is 354 g/mol. The van der Waals surface area contributed by atoms with Gasteiger partial charge in [-0.2, -0.15) is 0 Å². The fourth-order valence-electron chi connectivity index (χ4n) is 2.68. The van der Waals surface area contributed by atoms with Crippen molar-refractivity contribution in [2.24, 2.45) is 0 Å². The third-order valence-electron chi connectivity index (χ3n) is 4.17. The number of fused-ring (bicyclic) bond motifs is 1. The number of amides is 2. The van der Waals surface area contributed by atoms with Crippen molar-refractivity contribution in [2.75, 3.05) is 6.54 Å². The summed E-state index contributed by atoms with van der Waals surface area (Å²) in [5, 5.41) is 11.1. The minimum absolute atomic E-state index is 0.0943. The van der Waals surface area contributed by atoms with E-state index in [2.05, 4.69) is 0 Å². The lowest BCUT2D eigenvalue weighted by Crippen LogP contribution is -2.36. The van der Waals surface area contributed by atoms with Crippen LogP contribution in [0.15, 0.2) is 36.4 Å². The molecule has 0 aliphatic carbocycles. The van der Waals surface area contributed by atoms with E-state index in [1.54, 1.807) is 18.2 Å². The van der Waals surface area contributed by atoms with Gasteiger partial charge in [0.05, 0.1) is 10.5 Å². The van der Waals surface area contributed by atoms with Gasteiger partial charge in [0.15, 0.2) is 0 Å². The molecule has 1 heterocycles. The Bertz CT molecular complexity index is 966. The molecule has 0 N–H and O–H groups in total. The van der Waals surface area contributed by atoms with E-state index in [9.17, 15) is 24.5 Å². The number of hydrogen-bond donors (Lipinski definition) is 0. The maximum absolute atomic E-state index is 12.4. The van der Waals surface area contributed by atoms with Crippen molar-refractivity contribution in [2.45, 2.75) is 13.8 Å². The predicted octanol–water partition coefficient (Wildman–Crippen LogP) is 2.41. The summed E-state index contributed by atoms with van der Waals surface area (Å²) in [6.07, 6.45) is 0. The van der Waals surface area contributed by atoms with Crippen molar-refractivity contribution in [1.29, 1.82) is 0 Å². The molecule has 0 saturated carbocycles. The molecule has 1 aliphatic rings. The zero-order valence-corrected chi connectivity index (χ0v) is 14.0. The third-order valence-corrected chi connectivity index (χ3v) is 4.17. The Labute approximate surface area is 148 Å². The summed E-state index contributed by atoms with van der Waals surface area (Å²) in [5.74, 6) is -2.16. The first kappa shape index (κ1) is 17.3. The number of nitrogens with zero attached hydrogens (tertiary/aromatic N) is 2. The molecule has 26 heavy (non-hydrogen) atoms. The number of ether oxygens (including phenoxy) is 1. The maximum atomic E-state index is 12.4. The maximum Gasteiger partial charge on any atom is 0.331 e. The Hall–Kier alpha value is -3.55. The van der Waals surface area contributed by atoms with E-state index < -0.39 is 34.9 Å². The molecule has 0 radical (unpaired) electrons. The molecule has 2 amide bonds. The predicted molar refractivity (Wildman–Crippen MR) is 90.0 cm³/mol. The highest BCUT2D eigenvalue weighted by atomic mass is 16.6. The lowest BCUT2D eigenvalue weighted by atomic mass is 10.1. The molecule has 0 saturated heterocycles. The second-order valence-corrected chi connectivity index (χ2v) is 5.87. The van der Waals surface area contributed by atoms with Crippen LogP contribution in [0, 0.1) is 24.0 Å². The standard InChI is InChI=1S/C18H14N2O6/c1-10-6-7-12(8-11(10)2)26-15(21)9-19-17(22)13-4-3-5-14(20(24)25)16(13)18(19)23/h3-8H,9H2,1-2H3. The summed E-state index contributed by atoms with van der Waals surface area (Å²) in [7, 11) is 0. The fourth-order valence-corrected chi connectivity index (χ4v) is 2.68. The summed E-state index contributed by atoms with van der Waals surface area (Å²) in [6, 6.07) is 8.83. The summed E-state index contributed by atoms with van der Waals surface area (Å²) < 4.78 is 5.17. The smallest absolute Gasteiger partial charge is 0.331 e. The first-order valence-corrected chi connectivity index (χ1v) is 7.71. The Morgan fingerprint density at radius 2 is 1.85 bits per heavy atom. The number of hydrogen-bond acceptors (Lipinski definition) is 6. The molecule has 8 nitrogen and oxygen atoms in total. The number of benzene rings is 2. The average molecular weight is 354 g/mol. The van der Waals surface area contributed by atoms with Gasteiger partial charge in [0.2, 0.25) is 0 Å². The van der Waals surface area contributed by atoms with Crippen LogP contribution in [0.3, 0.4) is 0 Å². The Morgan fingerprint density at radius 3 is 2.50 bits per heavy atom. The van der Waals surface area contributed by atoms with Crippen LogP contribution in [0.5, 0.6) is 5.75 Å². The van der Waals surface area contributed by atoms with Crippen LogP contribution in [0.4, 0.5) is 5.69 Å². The highest BCUT2D eigenvalue weighted by Gasteiger charge is 2.41. The molecule has 0 spiro atoms. The molecule has 0 fully saturated rings. The zero-order valence-electron chi connectivity index (χ0n) is 14.0. The number of imide groups is 1. The van der Waals surface area contributed by atoms with Gasteiger partial charge in [-0.25, -0.2) is 4.79 Å². The molecule has 0 bridgehead atoms. The number of esters is 1. The van der Waals surface area contributed by atoms with Crippen LogP contribution < -0.4 is 4.74 Å². The number of rotatable bonds is 4. The number of carbonyl (C=O) groups excluding carboxylic acids is 3. The molecule has 1 aliphatic heterocycles. The van der Waals surface area contributed by atoms with Crippen LogP contribution in [-0.4, -0.2) is 34.2 Å². The zero-order chi connectivity index (χ0) is 19.0. The summed E-state index contributed by atoms with van der Waals surface area (Å²) in [6.45, 7) is 3.14. The topological polar surface area (TPSA) is 107 Å². The van der Waals surface area contributed by atoms with Gasteiger partial charge in [0.1, 0.15) is 17.9 Å². The Morgan fingerprint density at radius 1 is 1.12 bits per heavy atom. The lowest BCUT2D eigenvalue weighted by molar-refractivity contribution is -0.385. The molecular weight excluding hydrogens is 340 g/mol. The second kappa shape index (κ2) is 6.40. The highest BCUT2D eigenvalue weighted by molar-refractivity contribution is 6.24. The minimum Gasteiger partial charge on any atom is -0.425 e. The molecule has 0 aromatic heterocycles. The van der Waals surface area contributed by atoms with Crippen molar-refractivity contribution < 1.29 is 24.0 Å². The number of nitro benzene ring substituents is 1. The molecule has 0 unspecified atom stereocenters. The highest BCUT2D eigenvalue weighted by Crippen LogP contribution is 2.30. The molecule has 2 aromatic rings. The number of aryl methyl sites for hydroxylation is 2.